The van der Waals surface area contributed by atoms with E-state index in [0.29, 0.717) is 30.9 Å². The number of benzene rings is 2. The van der Waals surface area contributed by atoms with Gasteiger partial charge in [-0.3, -0.25) is 0 Å². The summed E-state index contributed by atoms with van der Waals surface area (Å²) in [5.41, 5.74) is 2.35. The smallest absolute Gasteiger partial charge is 0.404 e. The third-order valence-corrected chi connectivity index (χ3v) is 6.83. The van der Waals surface area contributed by atoms with Gasteiger partial charge in [-0.15, -0.1) is 0 Å². The van der Waals surface area contributed by atoms with Gasteiger partial charge in [0, 0.05) is 30.3 Å². The first-order valence-electron chi connectivity index (χ1n) is 12.1. The second-order valence-electron chi connectivity index (χ2n) is 10.1. The Balaban J connectivity index is 2.51. The van der Waals surface area contributed by atoms with E-state index >= 15 is 0 Å². The van der Waals surface area contributed by atoms with Gasteiger partial charge in [0.2, 0.25) is 0 Å². The summed E-state index contributed by atoms with van der Waals surface area (Å²) in [5, 5.41) is 24.8. The van der Waals surface area contributed by atoms with Gasteiger partial charge in [0.15, 0.2) is 0 Å². The first-order chi connectivity index (χ1) is 16.0. The van der Waals surface area contributed by atoms with Crippen molar-refractivity contribution < 1.29 is 19.7 Å². The summed E-state index contributed by atoms with van der Waals surface area (Å²) in [6.07, 6.45) is 2.89. The van der Waals surface area contributed by atoms with Crippen LogP contribution in [-0.2, 0) is 16.8 Å². The van der Waals surface area contributed by atoms with E-state index in [0.717, 1.165) is 36.0 Å². The minimum atomic E-state index is -1.17. The molecule has 0 aliphatic carbocycles. The van der Waals surface area contributed by atoms with Crippen molar-refractivity contribution >= 4 is 17.7 Å². The topological polar surface area (TPSA) is 78.8 Å². The molecule has 2 rings (SSSR count). The van der Waals surface area contributed by atoms with Crippen LogP contribution in [0.3, 0.4) is 0 Å². The van der Waals surface area contributed by atoms with E-state index in [-0.39, 0.29) is 11.5 Å². The zero-order valence-corrected chi connectivity index (χ0v) is 21.9. The zero-order chi connectivity index (χ0) is 25.4. The molecule has 5 nitrogen and oxygen atoms in total. The van der Waals surface area contributed by atoms with Gasteiger partial charge in [0.05, 0.1) is 5.60 Å². The molecule has 0 aromatic heterocycles. The highest BCUT2D eigenvalue weighted by Gasteiger charge is 2.35. The Morgan fingerprint density at radius 2 is 1.82 bits per heavy atom. The monoisotopic (exact) mass is 489 g/mol. The highest BCUT2D eigenvalue weighted by atomic mass is 35.5. The van der Waals surface area contributed by atoms with Crippen molar-refractivity contribution in [2.24, 2.45) is 5.41 Å². The van der Waals surface area contributed by atoms with Gasteiger partial charge in [-0.2, -0.15) is 0 Å². The van der Waals surface area contributed by atoms with E-state index in [4.69, 9.17) is 16.3 Å². The van der Waals surface area contributed by atoms with Crippen LogP contribution in [0.5, 0.6) is 0 Å². The molecular weight excluding hydrogens is 450 g/mol. The second-order valence-corrected chi connectivity index (χ2v) is 10.5. The van der Waals surface area contributed by atoms with Crippen molar-refractivity contribution in [1.29, 1.82) is 0 Å². The summed E-state index contributed by atoms with van der Waals surface area (Å²) in [4.78, 5) is 11.4. The molecule has 6 heteroatoms. The fourth-order valence-electron chi connectivity index (χ4n) is 4.46. The lowest BCUT2D eigenvalue weighted by atomic mass is 9.76. The Morgan fingerprint density at radius 1 is 1.12 bits per heavy atom. The van der Waals surface area contributed by atoms with Gasteiger partial charge in [-0.05, 0) is 66.7 Å². The maximum Gasteiger partial charge on any atom is 0.404 e. The molecular formula is C28H40ClNO4. The van der Waals surface area contributed by atoms with E-state index in [9.17, 15) is 15.0 Å². The Morgan fingerprint density at radius 3 is 2.44 bits per heavy atom. The molecule has 188 valence electrons. The molecule has 34 heavy (non-hydrogen) atoms. The number of ether oxygens (including phenoxy) is 1. The van der Waals surface area contributed by atoms with Crippen molar-refractivity contribution in [3.05, 3.63) is 58.6 Å². The molecule has 0 radical (unpaired) electrons. The number of rotatable bonds is 12. The summed E-state index contributed by atoms with van der Waals surface area (Å²) in [6, 6.07) is 13.6. The molecule has 1 amide bonds. The Labute approximate surface area is 209 Å². The lowest BCUT2D eigenvalue weighted by Gasteiger charge is -2.36. The second kappa shape index (κ2) is 12.6. The van der Waals surface area contributed by atoms with E-state index in [1.54, 1.807) is 7.11 Å². The summed E-state index contributed by atoms with van der Waals surface area (Å²) in [6.45, 7) is 8.76. The molecule has 0 spiro atoms. The minimum absolute atomic E-state index is 0.290. The molecule has 0 aliphatic heterocycles. The van der Waals surface area contributed by atoms with Crippen LogP contribution in [-0.4, -0.2) is 36.1 Å². The van der Waals surface area contributed by atoms with Crippen LogP contribution in [0.4, 0.5) is 4.79 Å². The van der Waals surface area contributed by atoms with Gasteiger partial charge < -0.3 is 20.3 Å². The van der Waals surface area contributed by atoms with Crippen molar-refractivity contribution in [3.63, 3.8) is 0 Å². The molecule has 0 fully saturated rings. The van der Waals surface area contributed by atoms with Gasteiger partial charge in [0.25, 0.3) is 0 Å². The SMILES string of the molecule is CCc1cccc(-c2c(Cl)cccc2C(O)(CCCCOC)CCC(NC(=O)O)C(C)(C)C)c1. The lowest BCUT2D eigenvalue weighted by Crippen LogP contribution is -2.44. The number of carboxylic acid groups (broad SMARTS) is 1. The number of hydrogen-bond donors (Lipinski definition) is 3. The van der Waals surface area contributed by atoms with Gasteiger partial charge >= 0.3 is 6.09 Å². The molecule has 0 saturated heterocycles. The predicted octanol–water partition coefficient (Wildman–Crippen LogP) is 7.04. The Kier molecular flexibility index (Phi) is 10.4. The van der Waals surface area contributed by atoms with Crippen LogP contribution in [0.1, 0.15) is 70.9 Å². The number of carbonyl (C=O) groups is 1. The lowest BCUT2D eigenvalue weighted by molar-refractivity contribution is 0.00689. The number of methoxy groups -OCH3 is 1. The molecule has 0 saturated carbocycles. The van der Waals surface area contributed by atoms with Crippen LogP contribution >= 0.6 is 11.6 Å². The van der Waals surface area contributed by atoms with Crippen molar-refractivity contribution in [3.8, 4) is 11.1 Å². The number of unbranched alkanes of at least 4 members (excludes halogenated alkanes) is 1. The predicted molar refractivity (Wildman–Crippen MR) is 140 cm³/mol. The number of aryl methyl sites for hydroxylation is 1. The van der Waals surface area contributed by atoms with Crippen LogP contribution in [0, 0.1) is 5.41 Å². The average Bonchev–Trinajstić information content (AvgIpc) is 2.78. The summed E-state index contributed by atoms with van der Waals surface area (Å²) in [5.74, 6) is 0. The standard InChI is InChI=1S/C28H40ClNO4/c1-6-20-11-9-12-21(19-20)25-22(13-10-14-23(25)29)28(33,16-7-8-18-34-5)17-15-24(27(2,3)4)30-26(31)32/h9-14,19,24,30,33H,6-8,15-18H2,1-5H3,(H,31,32). The Hall–Kier alpha value is -2.08. The van der Waals surface area contributed by atoms with Crippen LogP contribution < -0.4 is 5.32 Å². The van der Waals surface area contributed by atoms with Crippen molar-refractivity contribution in [2.45, 2.75) is 77.9 Å². The maximum absolute atomic E-state index is 12.1. The van der Waals surface area contributed by atoms with Crippen LogP contribution in [0.2, 0.25) is 5.02 Å². The molecule has 2 atom stereocenters. The van der Waals surface area contributed by atoms with Crippen LogP contribution in [0.25, 0.3) is 11.1 Å². The fraction of sp³-hybridized carbons (Fsp3) is 0.536. The summed E-state index contributed by atoms with van der Waals surface area (Å²) in [7, 11) is 1.67. The zero-order valence-electron chi connectivity index (χ0n) is 21.2. The normalized spacial score (nSPS) is 14.4. The number of nitrogens with one attached hydrogen (secondary N) is 1. The third-order valence-electron chi connectivity index (χ3n) is 6.52. The van der Waals surface area contributed by atoms with E-state index < -0.39 is 11.7 Å². The number of aliphatic hydroxyl groups is 1. The largest absolute Gasteiger partial charge is 0.465 e. The molecule has 2 aromatic carbocycles. The van der Waals surface area contributed by atoms with Gasteiger partial charge in [0.1, 0.15) is 0 Å². The molecule has 2 aromatic rings. The molecule has 0 aliphatic rings. The van der Waals surface area contributed by atoms with Crippen molar-refractivity contribution in [2.75, 3.05) is 13.7 Å². The summed E-state index contributed by atoms with van der Waals surface area (Å²) < 4.78 is 5.21. The minimum Gasteiger partial charge on any atom is -0.465 e. The van der Waals surface area contributed by atoms with E-state index in [1.807, 2.05) is 51.1 Å². The van der Waals surface area contributed by atoms with Crippen LogP contribution in [0.15, 0.2) is 42.5 Å². The number of amides is 1. The third kappa shape index (κ3) is 7.72. The average molecular weight is 490 g/mol. The maximum atomic E-state index is 12.1. The molecule has 0 bridgehead atoms. The molecule has 0 heterocycles. The van der Waals surface area contributed by atoms with Crippen molar-refractivity contribution in [1.82, 2.24) is 5.32 Å². The van der Waals surface area contributed by atoms with E-state index in [2.05, 4.69) is 24.4 Å². The first-order valence-corrected chi connectivity index (χ1v) is 12.5. The van der Waals surface area contributed by atoms with Gasteiger partial charge in [-0.1, -0.05) is 75.7 Å². The van der Waals surface area contributed by atoms with E-state index in [1.165, 1.54) is 5.56 Å². The number of halogens is 1. The fourth-order valence-corrected chi connectivity index (χ4v) is 4.75. The summed E-state index contributed by atoms with van der Waals surface area (Å²) >= 11 is 6.73. The molecule has 2 unspecified atom stereocenters. The quantitative estimate of drug-likeness (QED) is 0.279. The first kappa shape index (κ1) is 28.2. The highest BCUT2D eigenvalue weighted by molar-refractivity contribution is 6.33. The Bertz CT molecular complexity index is 940. The highest BCUT2D eigenvalue weighted by Crippen LogP contribution is 2.43. The van der Waals surface area contributed by atoms with Gasteiger partial charge in [-0.25, -0.2) is 4.79 Å². The number of hydrogen-bond acceptors (Lipinski definition) is 3. The molecule has 3 N–H and O–H groups in total.